The number of hydrogen-bond donors (Lipinski definition) is 3. The Balaban J connectivity index is 0.000000352. The Hall–Kier alpha value is -3.06. The van der Waals surface area contributed by atoms with E-state index >= 15 is 0 Å². The highest BCUT2D eigenvalue weighted by Crippen LogP contribution is 2.27. The highest BCUT2D eigenvalue weighted by Gasteiger charge is 2.19. The fourth-order valence-corrected chi connectivity index (χ4v) is 2.57. The second-order valence-corrected chi connectivity index (χ2v) is 5.55. The van der Waals surface area contributed by atoms with E-state index in [1.54, 1.807) is 7.11 Å². The van der Waals surface area contributed by atoms with Crippen molar-refractivity contribution in [3.05, 3.63) is 59.7 Å². The van der Waals surface area contributed by atoms with Gasteiger partial charge < -0.3 is 25.0 Å². The minimum absolute atomic E-state index is 0.0575. The van der Waals surface area contributed by atoms with Crippen LogP contribution in [0.25, 0.3) is 0 Å². The Labute approximate surface area is 151 Å². The molecule has 0 fully saturated rings. The number of benzene rings is 2. The molecular formula is C19H21NO6. The fourth-order valence-electron chi connectivity index (χ4n) is 2.57. The fraction of sp³-hybridized carbons (Fsp3) is 0.263. The number of nitrogens with one attached hydrogen (secondary N) is 1. The lowest BCUT2D eigenvalue weighted by Gasteiger charge is -2.19. The van der Waals surface area contributed by atoms with Gasteiger partial charge in [0.2, 0.25) is 0 Å². The molecule has 1 aliphatic heterocycles. The monoisotopic (exact) mass is 359 g/mol. The normalized spacial score (nSPS) is 15.5. The van der Waals surface area contributed by atoms with Gasteiger partial charge in [0.1, 0.15) is 17.6 Å². The summed E-state index contributed by atoms with van der Waals surface area (Å²) in [6, 6.07) is 16.3. The highest BCUT2D eigenvalue weighted by atomic mass is 16.5. The molecule has 138 valence electrons. The van der Waals surface area contributed by atoms with Crippen molar-refractivity contribution in [2.75, 3.05) is 20.2 Å². The molecule has 2 aromatic rings. The number of carbonyl (C=O) groups is 2. The number of carboxylic acid groups (broad SMARTS) is 2. The van der Waals surface area contributed by atoms with Gasteiger partial charge in [-0.3, -0.25) is 0 Å². The van der Waals surface area contributed by atoms with Crippen molar-refractivity contribution in [2.45, 2.75) is 12.5 Å². The SMILES string of the molecule is COc1ccc(OC2CNCCc3ccccc32)cc1.O=C(O)C(=O)O. The number of hydrogen-bond acceptors (Lipinski definition) is 5. The van der Waals surface area contributed by atoms with E-state index in [1.165, 1.54) is 11.1 Å². The number of fused-ring (bicyclic) bond motifs is 1. The molecule has 0 saturated carbocycles. The van der Waals surface area contributed by atoms with Crippen LogP contribution < -0.4 is 14.8 Å². The van der Waals surface area contributed by atoms with E-state index in [1.807, 2.05) is 24.3 Å². The Bertz CT molecular complexity index is 732. The zero-order valence-electron chi connectivity index (χ0n) is 14.3. The van der Waals surface area contributed by atoms with E-state index in [4.69, 9.17) is 29.3 Å². The van der Waals surface area contributed by atoms with Crippen LogP contribution in [0.1, 0.15) is 17.2 Å². The van der Waals surface area contributed by atoms with Crippen molar-refractivity contribution in [1.29, 1.82) is 0 Å². The summed E-state index contributed by atoms with van der Waals surface area (Å²) in [5, 5.41) is 18.2. The molecule has 1 aliphatic rings. The molecule has 0 bridgehead atoms. The molecule has 0 aromatic heterocycles. The maximum atomic E-state index is 9.10. The van der Waals surface area contributed by atoms with Gasteiger partial charge in [0.25, 0.3) is 0 Å². The van der Waals surface area contributed by atoms with Crippen LogP contribution in [0.5, 0.6) is 11.5 Å². The van der Waals surface area contributed by atoms with Gasteiger partial charge >= 0.3 is 11.9 Å². The molecule has 0 radical (unpaired) electrons. The molecule has 7 heteroatoms. The Morgan fingerprint density at radius 3 is 2.23 bits per heavy atom. The first-order valence-electron chi connectivity index (χ1n) is 8.06. The molecule has 3 rings (SSSR count). The first kappa shape index (κ1) is 19.3. The van der Waals surface area contributed by atoms with E-state index in [0.29, 0.717) is 0 Å². The largest absolute Gasteiger partial charge is 0.497 e. The first-order valence-corrected chi connectivity index (χ1v) is 8.06. The van der Waals surface area contributed by atoms with E-state index in [0.717, 1.165) is 31.0 Å². The van der Waals surface area contributed by atoms with E-state index in [2.05, 4.69) is 29.6 Å². The highest BCUT2D eigenvalue weighted by molar-refractivity contribution is 6.27. The molecule has 1 atom stereocenters. The third kappa shape index (κ3) is 5.49. The van der Waals surface area contributed by atoms with Crippen molar-refractivity contribution in [1.82, 2.24) is 5.32 Å². The van der Waals surface area contributed by atoms with Crippen molar-refractivity contribution in [2.24, 2.45) is 0 Å². The minimum Gasteiger partial charge on any atom is -0.497 e. The maximum absolute atomic E-state index is 9.10. The van der Waals surface area contributed by atoms with Crippen molar-refractivity contribution < 1.29 is 29.3 Å². The van der Waals surface area contributed by atoms with Gasteiger partial charge in [-0.15, -0.1) is 0 Å². The zero-order valence-corrected chi connectivity index (χ0v) is 14.3. The third-order valence-electron chi connectivity index (χ3n) is 3.82. The summed E-state index contributed by atoms with van der Waals surface area (Å²) >= 11 is 0. The smallest absolute Gasteiger partial charge is 0.414 e. The van der Waals surface area contributed by atoms with Gasteiger partial charge in [0, 0.05) is 6.54 Å². The molecule has 0 amide bonds. The van der Waals surface area contributed by atoms with E-state index < -0.39 is 11.9 Å². The summed E-state index contributed by atoms with van der Waals surface area (Å²) in [5.74, 6) is -1.93. The Kier molecular flexibility index (Phi) is 6.99. The molecule has 1 unspecified atom stereocenters. The molecule has 26 heavy (non-hydrogen) atoms. The van der Waals surface area contributed by atoms with Gasteiger partial charge in [-0.2, -0.15) is 0 Å². The van der Waals surface area contributed by atoms with Crippen LogP contribution in [0, 0.1) is 0 Å². The molecular weight excluding hydrogens is 338 g/mol. The van der Waals surface area contributed by atoms with Crippen LogP contribution in [-0.2, 0) is 16.0 Å². The molecule has 2 aromatic carbocycles. The van der Waals surface area contributed by atoms with Crippen LogP contribution in [-0.4, -0.2) is 42.4 Å². The van der Waals surface area contributed by atoms with Gasteiger partial charge in [-0.25, -0.2) is 9.59 Å². The van der Waals surface area contributed by atoms with Crippen LogP contribution in [0.2, 0.25) is 0 Å². The minimum atomic E-state index is -1.82. The molecule has 0 spiro atoms. The van der Waals surface area contributed by atoms with Gasteiger partial charge in [0.05, 0.1) is 7.11 Å². The summed E-state index contributed by atoms with van der Waals surface area (Å²) in [6.07, 6.45) is 1.11. The van der Waals surface area contributed by atoms with Gasteiger partial charge in [0.15, 0.2) is 0 Å². The Morgan fingerprint density at radius 2 is 1.62 bits per heavy atom. The lowest BCUT2D eigenvalue weighted by molar-refractivity contribution is -0.159. The zero-order chi connectivity index (χ0) is 18.9. The second-order valence-electron chi connectivity index (χ2n) is 5.55. The summed E-state index contributed by atoms with van der Waals surface area (Å²) in [4.78, 5) is 18.2. The van der Waals surface area contributed by atoms with E-state index in [9.17, 15) is 0 Å². The molecule has 0 aliphatic carbocycles. The molecule has 3 N–H and O–H groups in total. The third-order valence-corrected chi connectivity index (χ3v) is 3.82. The van der Waals surface area contributed by atoms with Crippen LogP contribution in [0.3, 0.4) is 0 Å². The predicted octanol–water partition coefficient (Wildman–Crippen LogP) is 2.12. The number of methoxy groups -OCH3 is 1. The lowest BCUT2D eigenvalue weighted by Crippen LogP contribution is -2.23. The summed E-state index contributed by atoms with van der Waals surface area (Å²) in [6.45, 7) is 1.84. The first-order chi connectivity index (χ1) is 12.5. The number of carboxylic acids is 2. The molecule has 1 heterocycles. The number of rotatable bonds is 3. The van der Waals surface area contributed by atoms with Crippen molar-refractivity contribution in [3.8, 4) is 11.5 Å². The molecule has 0 saturated heterocycles. The lowest BCUT2D eigenvalue weighted by atomic mass is 10.0. The Morgan fingerprint density at radius 1 is 1.00 bits per heavy atom. The average molecular weight is 359 g/mol. The van der Waals surface area contributed by atoms with Crippen LogP contribution in [0.15, 0.2) is 48.5 Å². The summed E-state index contributed by atoms with van der Waals surface area (Å²) in [5.41, 5.74) is 2.66. The van der Waals surface area contributed by atoms with Crippen molar-refractivity contribution >= 4 is 11.9 Å². The van der Waals surface area contributed by atoms with Crippen LogP contribution in [0.4, 0.5) is 0 Å². The second kappa shape index (κ2) is 9.43. The number of ether oxygens (including phenoxy) is 2. The molecule has 7 nitrogen and oxygen atoms in total. The quantitative estimate of drug-likeness (QED) is 0.721. The standard InChI is InChI=1S/C17H19NO2.C2H2O4/c1-19-14-6-8-15(9-7-14)20-17-12-18-11-10-13-4-2-3-5-16(13)17;3-1(4)2(5)6/h2-9,17-18H,10-12H2,1H3;(H,3,4)(H,5,6). The predicted molar refractivity (Wildman–Crippen MR) is 94.7 cm³/mol. The average Bonchev–Trinajstić information content (AvgIpc) is 2.85. The number of aliphatic carboxylic acids is 2. The van der Waals surface area contributed by atoms with Crippen LogP contribution >= 0.6 is 0 Å². The van der Waals surface area contributed by atoms with Gasteiger partial charge in [-0.05, 0) is 48.4 Å². The summed E-state index contributed by atoms with van der Waals surface area (Å²) in [7, 11) is 1.67. The topological polar surface area (TPSA) is 105 Å². The van der Waals surface area contributed by atoms with Crippen molar-refractivity contribution in [3.63, 3.8) is 0 Å². The van der Waals surface area contributed by atoms with E-state index in [-0.39, 0.29) is 6.10 Å². The van der Waals surface area contributed by atoms with Gasteiger partial charge in [-0.1, -0.05) is 24.3 Å². The summed E-state index contributed by atoms with van der Waals surface area (Å²) < 4.78 is 11.3. The maximum Gasteiger partial charge on any atom is 0.414 e.